The average Bonchev–Trinajstić information content (AvgIpc) is 2.82. The fraction of sp³-hybridized carbons (Fsp3) is 0. The zero-order valence-corrected chi connectivity index (χ0v) is 9.32. The lowest BCUT2D eigenvalue weighted by atomic mass is 10.2. The molecule has 0 aliphatic rings. The zero-order valence-electron chi connectivity index (χ0n) is 9.32. The number of hydrogen-bond donors (Lipinski definition) is 1. The molecule has 5 heteroatoms. The molecule has 88 valence electrons. The van der Waals surface area contributed by atoms with Gasteiger partial charge in [0.25, 0.3) is 0 Å². The van der Waals surface area contributed by atoms with E-state index >= 15 is 0 Å². The van der Waals surface area contributed by atoms with E-state index < -0.39 is 5.97 Å². The monoisotopic (exact) mass is 239 g/mol. The molecule has 18 heavy (non-hydrogen) atoms. The van der Waals surface area contributed by atoms with E-state index in [1.807, 2.05) is 16.5 Å². The Morgan fingerprint density at radius 2 is 2.00 bits per heavy atom. The molecule has 0 amide bonds. The van der Waals surface area contributed by atoms with Crippen molar-refractivity contribution in [2.45, 2.75) is 0 Å². The molecule has 3 aromatic heterocycles. The lowest BCUT2D eigenvalue weighted by Gasteiger charge is -2.01. The van der Waals surface area contributed by atoms with Crippen molar-refractivity contribution in [2.24, 2.45) is 0 Å². The van der Waals surface area contributed by atoms with Gasteiger partial charge in [0.1, 0.15) is 5.82 Å². The highest BCUT2D eigenvalue weighted by Gasteiger charge is 2.08. The molecule has 0 atom stereocenters. The van der Waals surface area contributed by atoms with Gasteiger partial charge in [0.05, 0.1) is 17.3 Å². The van der Waals surface area contributed by atoms with Gasteiger partial charge < -0.3 is 5.11 Å². The number of hydrogen-bond acceptors (Lipinski definition) is 3. The number of carboxylic acids is 1. The summed E-state index contributed by atoms with van der Waals surface area (Å²) in [5.41, 5.74) is 1.94. The van der Waals surface area contributed by atoms with Gasteiger partial charge in [-0.15, -0.1) is 0 Å². The lowest BCUT2D eigenvalue weighted by Crippen LogP contribution is -1.97. The van der Waals surface area contributed by atoms with Gasteiger partial charge in [0.2, 0.25) is 0 Å². The Bertz CT molecular complexity index is 719. The quantitative estimate of drug-likeness (QED) is 0.743. The van der Waals surface area contributed by atoms with Crippen molar-refractivity contribution in [1.29, 1.82) is 0 Å². The van der Waals surface area contributed by atoms with Crippen LogP contribution in [0.4, 0.5) is 0 Å². The molecule has 3 rings (SSSR count). The first-order chi connectivity index (χ1) is 8.75. The first-order valence-electron chi connectivity index (χ1n) is 5.36. The summed E-state index contributed by atoms with van der Waals surface area (Å²) in [5, 5.41) is 8.93. The molecule has 0 radical (unpaired) electrons. The van der Waals surface area contributed by atoms with Crippen LogP contribution in [-0.4, -0.2) is 25.4 Å². The van der Waals surface area contributed by atoms with Gasteiger partial charge in [-0.1, -0.05) is 0 Å². The second kappa shape index (κ2) is 3.96. The van der Waals surface area contributed by atoms with Gasteiger partial charge in [-0.3, -0.25) is 9.38 Å². The van der Waals surface area contributed by atoms with E-state index in [0.29, 0.717) is 0 Å². The second-order valence-corrected chi connectivity index (χ2v) is 3.83. The van der Waals surface area contributed by atoms with Gasteiger partial charge in [-0.2, -0.15) is 0 Å². The predicted molar refractivity (Wildman–Crippen MR) is 65.4 cm³/mol. The standard InChI is InChI=1S/C13H9N3O2/c17-13(18)10-3-6-16-11(7-10)8-15-12(16)9-1-4-14-5-2-9/h1-8H,(H,17,18). The van der Waals surface area contributed by atoms with E-state index in [2.05, 4.69) is 9.97 Å². The fourth-order valence-corrected chi connectivity index (χ4v) is 1.85. The number of nitrogens with zero attached hydrogens (tertiary/aromatic N) is 3. The van der Waals surface area contributed by atoms with Gasteiger partial charge >= 0.3 is 5.97 Å². The van der Waals surface area contributed by atoms with Crippen molar-refractivity contribution in [3.05, 3.63) is 54.6 Å². The molecular formula is C13H9N3O2. The summed E-state index contributed by atoms with van der Waals surface area (Å²) in [6, 6.07) is 6.88. The molecule has 0 spiro atoms. The fourth-order valence-electron chi connectivity index (χ4n) is 1.85. The van der Waals surface area contributed by atoms with Crippen LogP contribution < -0.4 is 0 Å². The van der Waals surface area contributed by atoms with E-state index in [9.17, 15) is 4.79 Å². The summed E-state index contributed by atoms with van der Waals surface area (Å²) in [7, 11) is 0. The maximum atomic E-state index is 10.9. The van der Waals surface area contributed by atoms with Gasteiger partial charge in [-0.05, 0) is 24.3 Å². The number of rotatable bonds is 2. The number of fused-ring (bicyclic) bond motifs is 1. The Morgan fingerprint density at radius 3 is 2.72 bits per heavy atom. The summed E-state index contributed by atoms with van der Waals surface area (Å²) in [4.78, 5) is 19.1. The first kappa shape index (κ1) is 10.5. The zero-order chi connectivity index (χ0) is 12.5. The van der Waals surface area contributed by atoms with Crippen LogP contribution in [0.1, 0.15) is 10.4 Å². The molecular weight excluding hydrogens is 230 g/mol. The molecule has 5 nitrogen and oxygen atoms in total. The molecule has 0 aromatic carbocycles. The number of pyridine rings is 2. The van der Waals surface area contributed by atoms with Crippen molar-refractivity contribution in [1.82, 2.24) is 14.4 Å². The van der Waals surface area contributed by atoms with Crippen molar-refractivity contribution in [2.75, 3.05) is 0 Å². The largest absolute Gasteiger partial charge is 0.478 e. The number of carboxylic acid groups (broad SMARTS) is 1. The van der Waals surface area contributed by atoms with Crippen LogP contribution in [0.25, 0.3) is 16.9 Å². The van der Waals surface area contributed by atoms with Gasteiger partial charge in [0.15, 0.2) is 0 Å². The first-order valence-corrected chi connectivity index (χ1v) is 5.36. The maximum Gasteiger partial charge on any atom is 0.335 e. The highest BCUT2D eigenvalue weighted by Crippen LogP contribution is 2.19. The third-order valence-corrected chi connectivity index (χ3v) is 2.72. The SMILES string of the molecule is O=C(O)c1ccn2c(-c3ccncc3)ncc2c1. The Hall–Kier alpha value is -2.69. The third-order valence-electron chi connectivity index (χ3n) is 2.72. The van der Waals surface area contributed by atoms with E-state index in [1.54, 1.807) is 36.9 Å². The van der Waals surface area contributed by atoms with E-state index in [4.69, 9.17) is 5.11 Å². The van der Waals surface area contributed by atoms with E-state index in [0.717, 1.165) is 16.9 Å². The average molecular weight is 239 g/mol. The van der Waals surface area contributed by atoms with Crippen molar-refractivity contribution in [3.8, 4) is 11.4 Å². The van der Waals surface area contributed by atoms with E-state index in [1.165, 1.54) is 0 Å². The number of aromatic carboxylic acids is 1. The minimum Gasteiger partial charge on any atom is -0.478 e. The normalized spacial score (nSPS) is 10.7. The van der Waals surface area contributed by atoms with Gasteiger partial charge in [-0.25, -0.2) is 9.78 Å². The van der Waals surface area contributed by atoms with Crippen molar-refractivity contribution >= 4 is 11.5 Å². The number of aromatic nitrogens is 3. The number of carbonyl (C=O) groups is 1. The molecule has 0 bridgehead atoms. The highest BCUT2D eigenvalue weighted by atomic mass is 16.4. The van der Waals surface area contributed by atoms with Crippen molar-refractivity contribution in [3.63, 3.8) is 0 Å². The summed E-state index contributed by atoms with van der Waals surface area (Å²) >= 11 is 0. The summed E-state index contributed by atoms with van der Waals surface area (Å²) in [6.07, 6.45) is 6.76. The Labute approximate surface area is 102 Å². The minimum absolute atomic E-state index is 0.253. The molecule has 0 fully saturated rings. The summed E-state index contributed by atoms with van der Waals surface area (Å²) < 4.78 is 1.85. The second-order valence-electron chi connectivity index (χ2n) is 3.83. The summed E-state index contributed by atoms with van der Waals surface area (Å²) in [6.45, 7) is 0. The van der Waals surface area contributed by atoms with Crippen LogP contribution >= 0.6 is 0 Å². The highest BCUT2D eigenvalue weighted by molar-refractivity contribution is 5.89. The molecule has 3 heterocycles. The van der Waals surface area contributed by atoms with Crippen LogP contribution in [0.2, 0.25) is 0 Å². The molecule has 1 N–H and O–H groups in total. The number of imidazole rings is 1. The van der Waals surface area contributed by atoms with Crippen LogP contribution in [0.3, 0.4) is 0 Å². The Kier molecular flexibility index (Phi) is 2.30. The van der Waals surface area contributed by atoms with E-state index in [-0.39, 0.29) is 5.56 Å². The molecule has 3 aromatic rings. The topological polar surface area (TPSA) is 67.5 Å². The van der Waals surface area contributed by atoms with Crippen LogP contribution in [0, 0.1) is 0 Å². The molecule has 0 aliphatic carbocycles. The third kappa shape index (κ3) is 1.62. The van der Waals surface area contributed by atoms with Crippen LogP contribution in [0.5, 0.6) is 0 Å². The molecule has 0 saturated carbocycles. The van der Waals surface area contributed by atoms with Crippen LogP contribution in [0.15, 0.2) is 49.1 Å². The lowest BCUT2D eigenvalue weighted by molar-refractivity contribution is 0.0697. The predicted octanol–water partition coefficient (Wildman–Crippen LogP) is 2.09. The van der Waals surface area contributed by atoms with Gasteiger partial charge in [0, 0.05) is 24.2 Å². The Balaban J connectivity index is 2.19. The molecule has 0 saturated heterocycles. The van der Waals surface area contributed by atoms with Crippen molar-refractivity contribution < 1.29 is 9.90 Å². The molecule has 0 unspecified atom stereocenters. The smallest absolute Gasteiger partial charge is 0.335 e. The Morgan fingerprint density at radius 1 is 1.22 bits per heavy atom. The minimum atomic E-state index is -0.941. The molecule has 0 aliphatic heterocycles. The maximum absolute atomic E-state index is 10.9. The summed E-state index contributed by atoms with van der Waals surface area (Å²) in [5.74, 6) is -0.173. The van der Waals surface area contributed by atoms with Crippen LogP contribution in [-0.2, 0) is 0 Å².